The number of hydrogen-bond donors (Lipinski definition) is 2. The van der Waals surface area contributed by atoms with E-state index >= 15 is 0 Å². The van der Waals surface area contributed by atoms with Crippen LogP contribution in [0.15, 0.2) is 60.4 Å². The number of carbonyl (C=O) groups excluding carboxylic acids is 1. The molecule has 1 amide bonds. The Morgan fingerprint density at radius 1 is 1.20 bits per heavy atom. The number of methoxy groups -OCH3 is 1. The number of aromatic nitrogens is 3. The van der Waals surface area contributed by atoms with Gasteiger partial charge in [0.2, 0.25) is 0 Å². The van der Waals surface area contributed by atoms with Crippen LogP contribution in [0.3, 0.4) is 0 Å². The SMILES string of the molecule is COC[C@]1(O)CCCC[C@H]1n1cnc(C(=O)N2CCNC[C@H]2CCOc2ccnc3ccsc23)c1-c1ccccc1. The van der Waals surface area contributed by atoms with Crippen molar-refractivity contribution >= 4 is 27.5 Å². The third-order valence-corrected chi connectivity index (χ3v) is 9.28. The van der Waals surface area contributed by atoms with Crippen LogP contribution in [-0.4, -0.2) is 82.0 Å². The predicted octanol–water partition coefficient (Wildman–Crippen LogP) is 4.54. The summed E-state index contributed by atoms with van der Waals surface area (Å²) in [5.41, 5.74) is 1.99. The molecule has 0 spiro atoms. The van der Waals surface area contributed by atoms with Gasteiger partial charge in [-0.25, -0.2) is 4.98 Å². The zero-order valence-electron chi connectivity index (χ0n) is 23.4. The van der Waals surface area contributed by atoms with Crippen molar-refractivity contribution in [2.45, 2.75) is 49.8 Å². The summed E-state index contributed by atoms with van der Waals surface area (Å²) in [5.74, 6) is 0.734. The first-order valence-electron chi connectivity index (χ1n) is 14.4. The molecule has 1 aromatic carbocycles. The maximum Gasteiger partial charge on any atom is 0.275 e. The fourth-order valence-electron chi connectivity index (χ4n) is 6.35. The second kappa shape index (κ2) is 12.3. The van der Waals surface area contributed by atoms with Gasteiger partial charge in [-0.05, 0) is 30.4 Å². The fourth-order valence-corrected chi connectivity index (χ4v) is 7.16. The second-order valence-corrected chi connectivity index (χ2v) is 11.9. The van der Waals surface area contributed by atoms with Crippen molar-refractivity contribution in [1.82, 2.24) is 24.8 Å². The summed E-state index contributed by atoms with van der Waals surface area (Å²) >= 11 is 1.62. The minimum absolute atomic E-state index is 0.0363. The van der Waals surface area contributed by atoms with E-state index in [0.29, 0.717) is 38.2 Å². The normalized spacial score (nSPS) is 23.1. The molecule has 10 heteroatoms. The Morgan fingerprint density at radius 2 is 2.07 bits per heavy atom. The van der Waals surface area contributed by atoms with Gasteiger partial charge < -0.3 is 29.4 Å². The first-order valence-corrected chi connectivity index (χ1v) is 15.3. The highest BCUT2D eigenvalue weighted by Gasteiger charge is 2.42. The van der Waals surface area contributed by atoms with Gasteiger partial charge in [0.15, 0.2) is 5.69 Å². The zero-order chi connectivity index (χ0) is 28.2. The minimum Gasteiger partial charge on any atom is -0.492 e. The Labute approximate surface area is 244 Å². The number of hydrogen-bond acceptors (Lipinski definition) is 8. The molecule has 216 valence electrons. The second-order valence-electron chi connectivity index (χ2n) is 11.0. The first kappa shape index (κ1) is 27.8. The Bertz CT molecular complexity index is 1470. The van der Waals surface area contributed by atoms with Crippen LogP contribution in [0, 0.1) is 0 Å². The number of imidazole rings is 1. The monoisotopic (exact) mass is 575 g/mol. The van der Waals surface area contributed by atoms with Gasteiger partial charge in [0.1, 0.15) is 11.4 Å². The lowest BCUT2D eigenvalue weighted by Crippen LogP contribution is -2.54. The number of thiophene rings is 1. The van der Waals surface area contributed by atoms with Crippen LogP contribution >= 0.6 is 11.3 Å². The largest absolute Gasteiger partial charge is 0.492 e. The van der Waals surface area contributed by atoms with Crippen LogP contribution in [0.5, 0.6) is 5.75 Å². The van der Waals surface area contributed by atoms with Crippen molar-refractivity contribution in [2.24, 2.45) is 0 Å². The van der Waals surface area contributed by atoms with Gasteiger partial charge in [-0.15, -0.1) is 11.3 Å². The summed E-state index contributed by atoms with van der Waals surface area (Å²) in [6.07, 6.45) is 7.58. The Balaban J connectivity index is 1.27. The molecule has 1 saturated heterocycles. The van der Waals surface area contributed by atoms with Crippen LogP contribution in [-0.2, 0) is 4.74 Å². The van der Waals surface area contributed by atoms with E-state index in [9.17, 15) is 9.90 Å². The molecular weight excluding hydrogens is 538 g/mol. The zero-order valence-corrected chi connectivity index (χ0v) is 24.2. The van der Waals surface area contributed by atoms with Crippen LogP contribution in [0.1, 0.15) is 48.6 Å². The number of nitrogens with one attached hydrogen (secondary N) is 1. The van der Waals surface area contributed by atoms with E-state index < -0.39 is 5.60 Å². The predicted molar refractivity (Wildman–Crippen MR) is 159 cm³/mol. The van der Waals surface area contributed by atoms with E-state index in [2.05, 4.69) is 10.3 Å². The number of pyridine rings is 1. The van der Waals surface area contributed by atoms with Crippen molar-refractivity contribution in [1.29, 1.82) is 0 Å². The standard InChI is InChI=1S/C31H37N5O4S/c1-39-20-31(38)13-6-5-9-26(31)36-21-34-27(28(36)22-7-3-2-4-8-22)30(37)35-16-15-32-19-23(35)11-17-40-25-10-14-33-24-12-18-41-29(24)25/h2-4,7-8,10,12,14,18,21,23,26,32,38H,5-6,9,11,13,15-17,19-20H2,1H3/t23-,26-,31-/m1/s1. The number of carbonyl (C=O) groups is 1. The molecule has 1 aliphatic heterocycles. The van der Waals surface area contributed by atoms with Crippen molar-refractivity contribution in [3.05, 3.63) is 66.1 Å². The van der Waals surface area contributed by atoms with Crippen LogP contribution in [0.25, 0.3) is 21.5 Å². The number of ether oxygens (including phenoxy) is 2. The summed E-state index contributed by atoms with van der Waals surface area (Å²) in [4.78, 5) is 25.3. The molecule has 2 aliphatic rings. The molecule has 0 bridgehead atoms. The molecule has 6 rings (SSSR count). The molecule has 4 heterocycles. The van der Waals surface area contributed by atoms with Crippen LogP contribution in [0.2, 0.25) is 0 Å². The quantitative estimate of drug-likeness (QED) is 0.302. The maximum absolute atomic E-state index is 14.2. The molecule has 9 nitrogen and oxygen atoms in total. The Morgan fingerprint density at radius 3 is 2.93 bits per heavy atom. The summed E-state index contributed by atoms with van der Waals surface area (Å²) in [5, 5.41) is 17.1. The maximum atomic E-state index is 14.2. The van der Waals surface area contributed by atoms with E-state index in [0.717, 1.165) is 53.0 Å². The summed E-state index contributed by atoms with van der Waals surface area (Å²) in [6, 6.07) is 13.5. The lowest BCUT2D eigenvalue weighted by molar-refractivity contribution is -0.0893. The molecular formula is C31H37N5O4S. The number of rotatable bonds is 9. The van der Waals surface area contributed by atoms with Gasteiger partial charge in [0.05, 0.1) is 41.5 Å². The first-order chi connectivity index (χ1) is 20.1. The van der Waals surface area contributed by atoms with Gasteiger partial charge in [0, 0.05) is 51.0 Å². The summed E-state index contributed by atoms with van der Waals surface area (Å²) in [6.45, 7) is 2.73. The van der Waals surface area contributed by atoms with E-state index in [-0.39, 0.29) is 24.6 Å². The van der Waals surface area contributed by atoms with Gasteiger partial charge in [-0.1, -0.05) is 43.2 Å². The highest BCUT2D eigenvalue weighted by molar-refractivity contribution is 7.17. The number of aliphatic hydroxyl groups is 1. The molecule has 0 radical (unpaired) electrons. The van der Waals surface area contributed by atoms with Gasteiger partial charge in [-0.2, -0.15) is 0 Å². The van der Waals surface area contributed by atoms with Crippen molar-refractivity contribution in [3.63, 3.8) is 0 Å². The van der Waals surface area contributed by atoms with Crippen molar-refractivity contribution in [3.8, 4) is 17.0 Å². The molecule has 3 aromatic heterocycles. The third kappa shape index (κ3) is 5.61. The number of piperazine rings is 1. The molecule has 4 aromatic rings. The highest BCUT2D eigenvalue weighted by Crippen LogP contribution is 2.41. The number of fused-ring (bicyclic) bond motifs is 1. The van der Waals surface area contributed by atoms with Gasteiger partial charge in [0.25, 0.3) is 5.91 Å². The number of nitrogens with zero attached hydrogens (tertiary/aromatic N) is 4. The van der Waals surface area contributed by atoms with E-state index in [1.54, 1.807) is 31.0 Å². The van der Waals surface area contributed by atoms with Crippen molar-refractivity contribution in [2.75, 3.05) is 40.0 Å². The Hall–Kier alpha value is -3.31. The summed E-state index contributed by atoms with van der Waals surface area (Å²) in [7, 11) is 1.62. The average molecular weight is 576 g/mol. The smallest absolute Gasteiger partial charge is 0.275 e. The van der Waals surface area contributed by atoms with Crippen molar-refractivity contribution < 1.29 is 19.4 Å². The molecule has 3 atom stereocenters. The minimum atomic E-state index is -1.02. The average Bonchev–Trinajstić information content (AvgIpc) is 3.66. The molecule has 2 N–H and O–H groups in total. The lowest BCUT2D eigenvalue weighted by Gasteiger charge is -2.41. The van der Waals surface area contributed by atoms with Crippen LogP contribution in [0.4, 0.5) is 0 Å². The third-order valence-electron chi connectivity index (χ3n) is 8.36. The fraction of sp³-hybridized carbons (Fsp3) is 0.452. The van der Waals surface area contributed by atoms with E-state index in [1.807, 2.05) is 57.3 Å². The molecule has 2 fully saturated rings. The number of benzene rings is 1. The molecule has 41 heavy (non-hydrogen) atoms. The Kier molecular flexibility index (Phi) is 8.34. The lowest BCUT2D eigenvalue weighted by atomic mass is 9.80. The summed E-state index contributed by atoms with van der Waals surface area (Å²) < 4.78 is 14.7. The molecule has 1 saturated carbocycles. The molecule has 0 unspecified atom stereocenters. The van der Waals surface area contributed by atoms with E-state index in [4.69, 9.17) is 14.5 Å². The van der Waals surface area contributed by atoms with E-state index in [1.165, 1.54) is 0 Å². The highest BCUT2D eigenvalue weighted by atomic mass is 32.1. The van der Waals surface area contributed by atoms with Gasteiger partial charge in [-0.3, -0.25) is 9.78 Å². The van der Waals surface area contributed by atoms with Gasteiger partial charge >= 0.3 is 0 Å². The van der Waals surface area contributed by atoms with Crippen LogP contribution < -0.4 is 10.1 Å². The molecule has 1 aliphatic carbocycles. The number of amides is 1. The topological polar surface area (TPSA) is 102 Å².